The van der Waals surface area contributed by atoms with Gasteiger partial charge in [0.2, 0.25) is 0 Å². The number of halogens is 3. The van der Waals surface area contributed by atoms with E-state index in [0.29, 0.717) is 11.1 Å². The highest BCUT2D eigenvalue weighted by Gasteiger charge is 2.57. The number of ether oxygens (including phenoxy) is 10. The molecule has 0 aliphatic carbocycles. The minimum Gasteiger partial charge on any atom is -0.467 e. The quantitative estimate of drug-likeness (QED) is 0.0243. The molecule has 0 N–H and O–H groups in total. The Kier molecular flexibility index (Phi) is 17.6. The molecule has 0 aromatic heterocycles. The summed E-state index contributed by atoms with van der Waals surface area (Å²) in [6, 6.07) is 33.9. The van der Waals surface area contributed by atoms with Crippen molar-refractivity contribution in [3.8, 4) is 0 Å². The minimum absolute atomic E-state index is 0.0752. The van der Waals surface area contributed by atoms with Crippen LogP contribution < -0.4 is 0 Å². The van der Waals surface area contributed by atoms with Gasteiger partial charge in [-0.1, -0.05) is 149 Å². The van der Waals surface area contributed by atoms with Crippen molar-refractivity contribution in [2.75, 3.05) is 20.8 Å². The zero-order chi connectivity index (χ0) is 44.8. The maximum atomic E-state index is 13.7. The van der Waals surface area contributed by atoms with Crippen LogP contribution in [0.25, 0.3) is 10.4 Å². The van der Waals surface area contributed by atoms with Gasteiger partial charge in [-0.25, -0.2) is 14.4 Å². The monoisotopic (exact) mass is 927 g/mol. The Labute approximate surface area is 378 Å². The second kappa shape index (κ2) is 23.2. The molecule has 10 atom stereocenters. The van der Waals surface area contributed by atoms with Gasteiger partial charge in [0.1, 0.15) is 30.5 Å². The molecule has 0 amide bonds. The molecule has 6 rings (SSSR count). The molecule has 334 valence electrons. The molecular weight excluding hydrogens is 885 g/mol. The van der Waals surface area contributed by atoms with Crippen LogP contribution in [0.5, 0.6) is 0 Å². The second-order valence-corrected chi connectivity index (χ2v) is 16.4. The van der Waals surface area contributed by atoms with Crippen LogP contribution in [0.3, 0.4) is 0 Å². The van der Waals surface area contributed by atoms with E-state index in [1.54, 1.807) is 78.9 Å². The lowest BCUT2D eigenvalue weighted by Gasteiger charge is -2.48. The Bertz CT molecular complexity index is 2120. The lowest BCUT2D eigenvalue weighted by molar-refractivity contribution is -0.344. The van der Waals surface area contributed by atoms with Crippen molar-refractivity contribution in [3.05, 3.63) is 154 Å². The van der Waals surface area contributed by atoms with Crippen LogP contribution in [0.4, 0.5) is 0 Å². The molecule has 2 heterocycles. The van der Waals surface area contributed by atoms with Gasteiger partial charge >= 0.3 is 17.9 Å². The summed E-state index contributed by atoms with van der Waals surface area (Å²) in [6.45, 7) is -0.356. The van der Waals surface area contributed by atoms with E-state index in [2.05, 4.69) is 10.0 Å². The Hall–Kier alpha value is -4.81. The Morgan fingerprint density at radius 1 is 0.667 bits per heavy atom. The highest BCUT2D eigenvalue weighted by molar-refractivity contribution is 6.75. The van der Waals surface area contributed by atoms with Gasteiger partial charge in [-0.2, -0.15) is 0 Å². The summed E-state index contributed by atoms with van der Waals surface area (Å²) in [4.78, 5) is 43.7. The van der Waals surface area contributed by atoms with Gasteiger partial charge in [-0.15, -0.1) is 0 Å². The number of hydrogen-bond acceptors (Lipinski definition) is 14. The second-order valence-electron chi connectivity index (χ2n) is 14.1. The number of carbonyl (C=O) groups excluding carboxylic acids is 3. The van der Waals surface area contributed by atoms with Crippen molar-refractivity contribution in [2.24, 2.45) is 5.11 Å². The topological polar surface area (TPSA) is 192 Å². The highest BCUT2D eigenvalue weighted by atomic mass is 35.6. The van der Waals surface area contributed by atoms with Crippen LogP contribution >= 0.6 is 34.8 Å². The van der Waals surface area contributed by atoms with Crippen molar-refractivity contribution < 1.29 is 61.8 Å². The van der Waals surface area contributed by atoms with Gasteiger partial charge in [-0.3, -0.25) is 0 Å². The number of azide groups is 1. The van der Waals surface area contributed by atoms with E-state index in [9.17, 15) is 19.9 Å². The molecule has 0 radical (unpaired) electrons. The number of rotatable bonds is 18. The Balaban J connectivity index is 1.42. The first-order valence-corrected chi connectivity index (χ1v) is 20.7. The van der Waals surface area contributed by atoms with Crippen molar-refractivity contribution in [1.29, 1.82) is 0 Å². The summed E-state index contributed by atoms with van der Waals surface area (Å²) in [5.74, 6) is -2.97. The third-order valence-corrected chi connectivity index (χ3v) is 10.4. The Morgan fingerprint density at radius 3 is 1.73 bits per heavy atom. The molecule has 19 heteroatoms. The highest BCUT2D eigenvalue weighted by Crippen LogP contribution is 2.38. The van der Waals surface area contributed by atoms with Gasteiger partial charge in [0.05, 0.1) is 39.1 Å². The van der Waals surface area contributed by atoms with Crippen molar-refractivity contribution in [1.82, 2.24) is 0 Å². The molecule has 4 aromatic rings. The summed E-state index contributed by atoms with van der Waals surface area (Å²) in [5, 5.41) is 4.02. The third-order valence-electron chi connectivity index (χ3n) is 9.94. The molecule has 0 saturated carbocycles. The summed E-state index contributed by atoms with van der Waals surface area (Å²) in [5.41, 5.74) is 12.4. The molecule has 2 aliphatic heterocycles. The molecule has 0 unspecified atom stereocenters. The number of methoxy groups -OCH3 is 2. The van der Waals surface area contributed by atoms with E-state index in [4.69, 9.17) is 82.2 Å². The maximum Gasteiger partial charge on any atom is 0.359 e. The first-order valence-electron chi connectivity index (χ1n) is 19.6. The zero-order valence-electron chi connectivity index (χ0n) is 33.9. The average molecular weight is 929 g/mol. The van der Waals surface area contributed by atoms with E-state index in [-0.39, 0.29) is 32.0 Å². The lowest BCUT2D eigenvalue weighted by Crippen LogP contribution is -2.66. The molecule has 2 aliphatic rings. The van der Waals surface area contributed by atoms with Crippen LogP contribution in [0.15, 0.2) is 126 Å². The fraction of sp³-hybridized carbons (Fsp3) is 0.386. The number of alkyl halides is 3. The number of benzene rings is 4. The molecule has 4 aromatic carbocycles. The van der Waals surface area contributed by atoms with Crippen molar-refractivity contribution in [3.63, 3.8) is 0 Å². The van der Waals surface area contributed by atoms with E-state index in [1.165, 1.54) is 7.11 Å². The number of esters is 3. The van der Waals surface area contributed by atoms with Gasteiger partial charge in [-0.05, 0) is 34.4 Å². The van der Waals surface area contributed by atoms with Crippen LogP contribution in [-0.2, 0) is 76.8 Å². The summed E-state index contributed by atoms with van der Waals surface area (Å²) < 4.78 is 58.5. The van der Waals surface area contributed by atoms with Gasteiger partial charge < -0.3 is 47.4 Å². The standard InChI is InChI=1S/C44H44Cl3N3O13/c1-54-40(52)37-36(35(58-25-29-19-11-5-12-20-29)38(42(55-2)62-37)60-39(51)30-21-13-6-14-22-30)61-41-32(49-50-48)34(57-24-28-17-9-4-10-18-28)33(63-43(53)44(45,46)47)31(59-41)26-56-23-27-15-7-3-8-16-27/h3-22,31-38,41-42H,23-26H2,1-2H3/t31-,32-,33-,34-,35+,36+,37-,38-,41-,42-/m1/s1. The van der Waals surface area contributed by atoms with E-state index in [0.717, 1.165) is 12.7 Å². The molecular formula is C44H44Cl3N3O13. The van der Waals surface area contributed by atoms with Crippen LogP contribution in [-0.4, -0.2) is 104 Å². The summed E-state index contributed by atoms with van der Waals surface area (Å²) in [6.07, 6.45) is -13.1. The van der Waals surface area contributed by atoms with Gasteiger partial charge in [0, 0.05) is 12.0 Å². The number of carbonyl (C=O) groups is 3. The van der Waals surface area contributed by atoms with Crippen LogP contribution in [0, 0.1) is 0 Å². The predicted octanol–water partition coefficient (Wildman–Crippen LogP) is 7.21. The molecule has 63 heavy (non-hydrogen) atoms. The lowest BCUT2D eigenvalue weighted by atomic mass is 9.95. The predicted molar refractivity (Wildman–Crippen MR) is 226 cm³/mol. The van der Waals surface area contributed by atoms with Crippen molar-refractivity contribution >= 4 is 52.7 Å². The minimum atomic E-state index is -2.54. The number of hydrogen-bond donors (Lipinski definition) is 0. The SMILES string of the molecule is COC(=O)[C@@H]1O[C@@H](OC)[C@H](OC(=O)c2ccccc2)[C@@H](OCc2ccccc2)[C@@H]1O[C@H]1O[C@H](COCc2ccccc2)[C@@H](OC(=O)C(Cl)(Cl)Cl)[C@H](OCc2ccccc2)[C@H]1N=[N+]=[N-]. The molecule has 0 spiro atoms. The van der Waals surface area contributed by atoms with E-state index >= 15 is 0 Å². The normalized spacial score (nSPS) is 25.9. The molecule has 16 nitrogen and oxygen atoms in total. The smallest absolute Gasteiger partial charge is 0.359 e. The number of nitrogens with zero attached hydrogens (tertiary/aromatic N) is 3. The largest absolute Gasteiger partial charge is 0.467 e. The molecule has 2 saturated heterocycles. The maximum absolute atomic E-state index is 13.7. The fourth-order valence-corrected chi connectivity index (χ4v) is 7.07. The average Bonchev–Trinajstić information content (AvgIpc) is 3.30. The summed E-state index contributed by atoms with van der Waals surface area (Å²) in [7, 11) is 2.44. The van der Waals surface area contributed by atoms with Gasteiger partial charge in [0.15, 0.2) is 30.9 Å². The summed E-state index contributed by atoms with van der Waals surface area (Å²) >= 11 is 18.0. The molecule has 2 fully saturated rings. The van der Waals surface area contributed by atoms with Gasteiger partial charge in [0.25, 0.3) is 3.79 Å². The van der Waals surface area contributed by atoms with E-state index in [1.807, 2.05) is 42.5 Å². The van der Waals surface area contributed by atoms with Crippen molar-refractivity contribution in [2.45, 2.75) is 85.0 Å². The van der Waals surface area contributed by atoms with Crippen LogP contribution in [0.1, 0.15) is 27.0 Å². The fourth-order valence-electron chi connectivity index (χ4n) is 6.94. The van der Waals surface area contributed by atoms with E-state index < -0.39 is 83.1 Å². The zero-order valence-corrected chi connectivity index (χ0v) is 36.2. The third kappa shape index (κ3) is 12.9. The first kappa shape index (κ1) is 47.7. The molecule has 0 bridgehead atoms. The Morgan fingerprint density at radius 2 is 1.21 bits per heavy atom. The first-order chi connectivity index (χ1) is 30.5. The van der Waals surface area contributed by atoms with Crippen LogP contribution in [0.2, 0.25) is 0 Å².